The molecule has 6 heteroatoms. The monoisotopic (exact) mass is 324 g/mol. The van der Waals surface area contributed by atoms with E-state index < -0.39 is 0 Å². The Balaban J connectivity index is 2.15. The van der Waals surface area contributed by atoms with Crippen LogP contribution in [0.1, 0.15) is 10.6 Å². The standard InChI is InChI=1S/C12H13BrN4S/c1-17(6-10-4-8(13)7-18-10)9-2-3-16-11(5-9)12(14)15/h2-5,7H,6H2,1H3,(H3,14,15). The third kappa shape index (κ3) is 3.08. The number of aromatic nitrogens is 1. The molecule has 0 fully saturated rings. The van der Waals surface area contributed by atoms with Gasteiger partial charge < -0.3 is 10.6 Å². The molecule has 0 atom stereocenters. The summed E-state index contributed by atoms with van der Waals surface area (Å²) < 4.78 is 1.11. The number of nitrogens with two attached hydrogens (primary N) is 1. The fourth-order valence-electron chi connectivity index (χ4n) is 1.57. The Kier molecular flexibility index (Phi) is 3.98. The maximum Gasteiger partial charge on any atom is 0.141 e. The summed E-state index contributed by atoms with van der Waals surface area (Å²) in [7, 11) is 2.01. The van der Waals surface area contributed by atoms with Crippen LogP contribution in [0.5, 0.6) is 0 Å². The van der Waals surface area contributed by atoms with Crippen LogP contribution in [0.4, 0.5) is 5.69 Å². The Bertz CT molecular complexity index is 567. The molecule has 0 aliphatic rings. The van der Waals surface area contributed by atoms with Gasteiger partial charge in [0.15, 0.2) is 0 Å². The molecule has 2 aromatic heterocycles. The summed E-state index contributed by atoms with van der Waals surface area (Å²) in [5.74, 6) is -0.0101. The van der Waals surface area contributed by atoms with E-state index in [1.807, 2.05) is 19.2 Å². The number of anilines is 1. The van der Waals surface area contributed by atoms with Crippen LogP contribution in [-0.4, -0.2) is 17.9 Å². The maximum absolute atomic E-state index is 7.39. The van der Waals surface area contributed by atoms with E-state index in [-0.39, 0.29) is 5.84 Å². The second-order valence-electron chi connectivity index (χ2n) is 3.90. The minimum Gasteiger partial charge on any atom is -0.382 e. The van der Waals surface area contributed by atoms with E-state index in [0.29, 0.717) is 5.69 Å². The van der Waals surface area contributed by atoms with Crippen LogP contribution in [0, 0.1) is 5.41 Å². The zero-order valence-corrected chi connectivity index (χ0v) is 12.3. The van der Waals surface area contributed by atoms with Gasteiger partial charge in [-0.15, -0.1) is 11.3 Å². The van der Waals surface area contributed by atoms with E-state index in [4.69, 9.17) is 11.1 Å². The second kappa shape index (κ2) is 5.49. The number of nitrogens with zero attached hydrogens (tertiary/aromatic N) is 2. The summed E-state index contributed by atoms with van der Waals surface area (Å²) in [6, 6.07) is 5.84. The molecule has 0 radical (unpaired) electrons. The van der Waals surface area contributed by atoms with E-state index in [9.17, 15) is 0 Å². The van der Waals surface area contributed by atoms with Crippen LogP contribution < -0.4 is 10.6 Å². The lowest BCUT2D eigenvalue weighted by atomic mass is 10.2. The predicted molar refractivity (Wildman–Crippen MR) is 79.4 cm³/mol. The SMILES string of the molecule is CN(Cc1cc(Br)cs1)c1ccnc(C(=N)N)c1. The second-order valence-corrected chi connectivity index (χ2v) is 5.81. The molecule has 2 rings (SSSR count). The van der Waals surface area contributed by atoms with Gasteiger partial charge in [-0.2, -0.15) is 0 Å². The normalized spacial score (nSPS) is 10.3. The Morgan fingerprint density at radius 2 is 2.33 bits per heavy atom. The van der Waals surface area contributed by atoms with Crippen molar-refractivity contribution in [1.29, 1.82) is 5.41 Å². The van der Waals surface area contributed by atoms with Crippen LogP contribution in [-0.2, 0) is 6.54 Å². The lowest BCUT2D eigenvalue weighted by Crippen LogP contribution is -2.18. The predicted octanol–water partition coefficient (Wildman–Crippen LogP) is 2.83. The van der Waals surface area contributed by atoms with Crippen molar-refractivity contribution in [2.75, 3.05) is 11.9 Å². The number of hydrogen-bond donors (Lipinski definition) is 2. The van der Waals surface area contributed by atoms with Crippen molar-refractivity contribution in [3.63, 3.8) is 0 Å². The number of halogens is 1. The van der Waals surface area contributed by atoms with Crippen molar-refractivity contribution in [3.8, 4) is 0 Å². The third-order valence-electron chi connectivity index (χ3n) is 2.48. The van der Waals surface area contributed by atoms with Gasteiger partial charge in [0, 0.05) is 33.7 Å². The summed E-state index contributed by atoms with van der Waals surface area (Å²) in [5.41, 5.74) is 6.94. The molecule has 0 spiro atoms. The highest BCUT2D eigenvalue weighted by atomic mass is 79.9. The largest absolute Gasteiger partial charge is 0.382 e. The Morgan fingerprint density at radius 1 is 1.56 bits per heavy atom. The lowest BCUT2D eigenvalue weighted by Gasteiger charge is -2.18. The van der Waals surface area contributed by atoms with Crippen molar-refractivity contribution >= 4 is 38.8 Å². The lowest BCUT2D eigenvalue weighted by molar-refractivity contribution is 0.936. The molecule has 3 N–H and O–H groups in total. The highest BCUT2D eigenvalue weighted by Gasteiger charge is 2.06. The average Bonchev–Trinajstić information content (AvgIpc) is 2.75. The van der Waals surface area contributed by atoms with Crippen molar-refractivity contribution in [2.24, 2.45) is 5.73 Å². The molecule has 0 aromatic carbocycles. The fraction of sp³-hybridized carbons (Fsp3) is 0.167. The molecule has 0 aliphatic heterocycles. The topological polar surface area (TPSA) is 66.0 Å². The molecule has 4 nitrogen and oxygen atoms in total. The zero-order chi connectivity index (χ0) is 13.1. The number of nitrogens with one attached hydrogen (secondary N) is 1. The van der Waals surface area contributed by atoms with Crippen LogP contribution in [0.25, 0.3) is 0 Å². The molecular formula is C12H13BrN4S. The molecule has 0 aliphatic carbocycles. The van der Waals surface area contributed by atoms with Crippen molar-refractivity contribution < 1.29 is 0 Å². The van der Waals surface area contributed by atoms with Gasteiger partial charge >= 0.3 is 0 Å². The molecule has 2 heterocycles. The Labute approximate surface area is 118 Å². The molecule has 18 heavy (non-hydrogen) atoms. The first-order valence-corrected chi connectivity index (χ1v) is 6.98. The van der Waals surface area contributed by atoms with Gasteiger partial charge in [0.1, 0.15) is 11.5 Å². The van der Waals surface area contributed by atoms with Crippen molar-refractivity contribution in [1.82, 2.24) is 4.98 Å². The fourth-order valence-corrected chi connectivity index (χ4v) is 3.07. The average molecular weight is 325 g/mol. The summed E-state index contributed by atoms with van der Waals surface area (Å²) >= 11 is 5.16. The molecule has 0 unspecified atom stereocenters. The van der Waals surface area contributed by atoms with Crippen molar-refractivity contribution in [2.45, 2.75) is 6.54 Å². The first kappa shape index (κ1) is 13.0. The molecule has 0 bridgehead atoms. The number of pyridine rings is 1. The summed E-state index contributed by atoms with van der Waals surface area (Å²) in [4.78, 5) is 7.42. The summed E-state index contributed by atoms with van der Waals surface area (Å²) in [6.07, 6.45) is 1.67. The van der Waals surface area contributed by atoms with Gasteiger partial charge in [-0.3, -0.25) is 10.4 Å². The van der Waals surface area contributed by atoms with E-state index in [1.165, 1.54) is 4.88 Å². The minimum atomic E-state index is -0.0101. The van der Waals surface area contributed by atoms with E-state index in [0.717, 1.165) is 16.7 Å². The molecule has 0 amide bonds. The minimum absolute atomic E-state index is 0.0101. The van der Waals surface area contributed by atoms with E-state index in [1.54, 1.807) is 17.5 Å². The number of amidine groups is 1. The van der Waals surface area contributed by atoms with Crippen molar-refractivity contribution in [3.05, 3.63) is 44.8 Å². The van der Waals surface area contributed by atoms with Gasteiger partial charge in [-0.25, -0.2) is 0 Å². The molecule has 2 aromatic rings. The highest BCUT2D eigenvalue weighted by Crippen LogP contribution is 2.23. The third-order valence-corrected chi connectivity index (χ3v) is 4.16. The molecule has 0 saturated heterocycles. The van der Waals surface area contributed by atoms with Crippen LogP contribution in [0.2, 0.25) is 0 Å². The first-order chi connectivity index (χ1) is 8.56. The smallest absolute Gasteiger partial charge is 0.141 e. The van der Waals surface area contributed by atoms with Crippen LogP contribution in [0.3, 0.4) is 0 Å². The maximum atomic E-state index is 7.39. The highest BCUT2D eigenvalue weighted by molar-refractivity contribution is 9.10. The van der Waals surface area contributed by atoms with Crippen LogP contribution in [0.15, 0.2) is 34.2 Å². The van der Waals surface area contributed by atoms with Gasteiger partial charge in [0.05, 0.1) is 6.54 Å². The number of hydrogen-bond acceptors (Lipinski definition) is 4. The Morgan fingerprint density at radius 3 is 2.94 bits per heavy atom. The molecule has 94 valence electrons. The number of nitrogen functional groups attached to an aromatic ring is 1. The van der Waals surface area contributed by atoms with Gasteiger partial charge in [0.25, 0.3) is 0 Å². The summed E-state index contributed by atoms with van der Waals surface area (Å²) in [6.45, 7) is 0.817. The van der Waals surface area contributed by atoms with Gasteiger partial charge in [-0.1, -0.05) is 0 Å². The van der Waals surface area contributed by atoms with E-state index >= 15 is 0 Å². The molecule has 0 saturated carbocycles. The number of thiophene rings is 1. The zero-order valence-electron chi connectivity index (χ0n) is 9.85. The summed E-state index contributed by atoms with van der Waals surface area (Å²) in [5, 5.41) is 9.46. The Hall–Kier alpha value is -1.40. The van der Waals surface area contributed by atoms with Gasteiger partial charge in [-0.05, 0) is 34.1 Å². The van der Waals surface area contributed by atoms with Gasteiger partial charge in [0.2, 0.25) is 0 Å². The quantitative estimate of drug-likeness (QED) is 0.671. The van der Waals surface area contributed by atoms with Crippen LogP contribution >= 0.6 is 27.3 Å². The first-order valence-electron chi connectivity index (χ1n) is 5.31. The number of rotatable bonds is 4. The van der Waals surface area contributed by atoms with E-state index in [2.05, 4.69) is 37.3 Å². The molecular weight excluding hydrogens is 312 g/mol.